The van der Waals surface area contributed by atoms with Crippen molar-refractivity contribution in [1.29, 1.82) is 0 Å². The Morgan fingerprint density at radius 3 is 2.27 bits per heavy atom. The summed E-state index contributed by atoms with van der Waals surface area (Å²) >= 11 is 0. The molecular weight excluding hydrogens is 582 g/mol. The number of hydrogen-bond acceptors (Lipinski definition) is 8. The molecule has 1 aliphatic rings. The van der Waals surface area contributed by atoms with Gasteiger partial charge in [0.25, 0.3) is 0 Å². The van der Waals surface area contributed by atoms with Crippen LogP contribution in [0.2, 0.25) is 0 Å². The van der Waals surface area contributed by atoms with Crippen molar-refractivity contribution in [2.24, 2.45) is 10.9 Å². The molecule has 3 rings (SSSR count). The maximum atomic E-state index is 14.4. The topological polar surface area (TPSA) is 163 Å². The largest absolute Gasteiger partial charge is 0.450 e. The van der Waals surface area contributed by atoms with Crippen molar-refractivity contribution in [2.75, 3.05) is 26.2 Å². The molecule has 2 atom stereocenters. The summed E-state index contributed by atoms with van der Waals surface area (Å²) in [7, 11) is -4.25. The number of benzene rings is 2. The molecule has 1 aliphatic heterocycles. The summed E-state index contributed by atoms with van der Waals surface area (Å²) in [5.74, 6) is -0.607. The fourth-order valence-corrected chi connectivity index (χ4v) is 7.31. The van der Waals surface area contributed by atoms with Gasteiger partial charge in [-0.2, -0.15) is 0 Å². The lowest BCUT2D eigenvalue weighted by atomic mass is 9.89. The van der Waals surface area contributed by atoms with E-state index in [0.29, 0.717) is 28.8 Å². The molecule has 0 bridgehead atoms. The van der Waals surface area contributed by atoms with E-state index in [0.717, 1.165) is 5.56 Å². The van der Waals surface area contributed by atoms with E-state index in [-0.39, 0.29) is 54.6 Å². The summed E-state index contributed by atoms with van der Waals surface area (Å²) in [6.07, 6.45) is -0.660. The van der Waals surface area contributed by atoms with Crippen LogP contribution in [0.1, 0.15) is 94.0 Å². The SMILES string of the molecule is CCOC(=O)N1CCNCC1C(=O)[C@H](Cc1cccc(/C(N)=N\O)c1)NS(=O)(=O)c1c(C(C)C)cc(C(C)C)cc1C(C)C. The number of nitrogens with zero attached hydrogens (tertiary/aromatic N) is 2. The van der Waals surface area contributed by atoms with E-state index in [2.05, 4.69) is 29.0 Å². The van der Waals surface area contributed by atoms with E-state index >= 15 is 0 Å². The first-order chi connectivity index (χ1) is 20.7. The van der Waals surface area contributed by atoms with Gasteiger partial charge >= 0.3 is 6.09 Å². The van der Waals surface area contributed by atoms with Gasteiger partial charge in [0.05, 0.1) is 17.5 Å². The molecule has 0 spiro atoms. The minimum atomic E-state index is -4.25. The molecule has 1 heterocycles. The first-order valence-corrected chi connectivity index (χ1v) is 16.6. The number of ether oxygens (including phenoxy) is 1. The van der Waals surface area contributed by atoms with Crippen LogP contribution < -0.4 is 15.8 Å². The summed E-state index contributed by atoms with van der Waals surface area (Å²) in [4.78, 5) is 28.6. The number of hydrogen-bond donors (Lipinski definition) is 4. The average Bonchev–Trinajstić information content (AvgIpc) is 2.99. The minimum Gasteiger partial charge on any atom is -0.450 e. The van der Waals surface area contributed by atoms with Crippen LogP contribution in [-0.2, 0) is 26.0 Å². The molecule has 1 saturated heterocycles. The Hall–Kier alpha value is -3.48. The van der Waals surface area contributed by atoms with Gasteiger partial charge in [0.1, 0.15) is 6.04 Å². The number of sulfonamides is 1. The van der Waals surface area contributed by atoms with Crippen molar-refractivity contribution in [3.8, 4) is 0 Å². The van der Waals surface area contributed by atoms with Crippen LogP contribution >= 0.6 is 0 Å². The lowest BCUT2D eigenvalue weighted by Crippen LogP contribution is -2.61. The first-order valence-electron chi connectivity index (χ1n) is 15.2. The molecule has 12 heteroatoms. The van der Waals surface area contributed by atoms with Crippen LogP contribution in [0.25, 0.3) is 0 Å². The van der Waals surface area contributed by atoms with E-state index in [1.807, 2.05) is 39.8 Å². The van der Waals surface area contributed by atoms with E-state index in [9.17, 15) is 23.2 Å². The molecule has 2 aromatic carbocycles. The molecule has 242 valence electrons. The highest BCUT2D eigenvalue weighted by atomic mass is 32.2. The van der Waals surface area contributed by atoms with Crippen molar-refractivity contribution in [3.05, 3.63) is 64.2 Å². The van der Waals surface area contributed by atoms with Crippen LogP contribution in [-0.4, -0.2) is 74.6 Å². The van der Waals surface area contributed by atoms with Gasteiger partial charge in [-0.05, 0) is 59.4 Å². The number of Topliss-reactive ketones (excluding diaryl/α,β-unsaturated/α-hetero) is 1. The van der Waals surface area contributed by atoms with Gasteiger partial charge in [0.2, 0.25) is 10.0 Å². The Morgan fingerprint density at radius 1 is 1.09 bits per heavy atom. The van der Waals surface area contributed by atoms with E-state index in [1.54, 1.807) is 31.2 Å². The fourth-order valence-electron chi connectivity index (χ4n) is 5.41. The van der Waals surface area contributed by atoms with Crippen LogP contribution in [0.3, 0.4) is 0 Å². The zero-order valence-electron chi connectivity index (χ0n) is 26.8. The van der Waals surface area contributed by atoms with Crippen molar-refractivity contribution >= 4 is 27.7 Å². The van der Waals surface area contributed by atoms with E-state index in [1.165, 1.54) is 4.90 Å². The maximum absolute atomic E-state index is 14.4. The molecule has 44 heavy (non-hydrogen) atoms. The number of rotatable bonds is 12. The zero-order chi connectivity index (χ0) is 32.8. The first kappa shape index (κ1) is 35.0. The minimum absolute atomic E-state index is 0.0319. The Balaban J connectivity index is 2.16. The molecule has 1 unspecified atom stereocenters. The lowest BCUT2D eigenvalue weighted by Gasteiger charge is -2.36. The molecule has 5 N–H and O–H groups in total. The second kappa shape index (κ2) is 15.0. The van der Waals surface area contributed by atoms with Crippen LogP contribution in [0, 0.1) is 0 Å². The maximum Gasteiger partial charge on any atom is 0.410 e. The smallest absolute Gasteiger partial charge is 0.410 e. The van der Waals surface area contributed by atoms with Gasteiger partial charge < -0.3 is 21.0 Å². The standard InChI is InChI=1S/C32H47N5O6S/c1-8-43-32(39)37-13-12-34-18-28(37)29(38)27(15-22-10-9-11-23(14-22)31(33)35-40)36-44(41,42)30-25(20(4)5)16-24(19(2)3)17-26(30)21(6)7/h9-11,14,16-17,19-21,27-28,34,36,40H,8,12-13,15,18H2,1-7H3,(H2,33,35)/t27-,28?/m0/s1. The molecule has 1 fully saturated rings. The van der Waals surface area contributed by atoms with Gasteiger partial charge in [0.15, 0.2) is 11.6 Å². The number of ketones is 1. The summed E-state index contributed by atoms with van der Waals surface area (Å²) in [5, 5.41) is 15.4. The number of nitrogens with two attached hydrogens (primary N) is 1. The molecule has 11 nitrogen and oxygen atoms in total. The van der Waals surface area contributed by atoms with Gasteiger partial charge in [-0.1, -0.05) is 77.0 Å². The summed E-state index contributed by atoms with van der Waals surface area (Å²) in [6.45, 7) is 14.6. The number of carbonyl (C=O) groups is 2. The molecule has 0 saturated carbocycles. The fraction of sp³-hybridized carbons (Fsp3) is 0.531. The number of oxime groups is 1. The zero-order valence-corrected chi connectivity index (χ0v) is 27.6. The molecule has 1 amide bonds. The Morgan fingerprint density at radius 2 is 1.73 bits per heavy atom. The van der Waals surface area contributed by atoms with Crippen LogP contribution in [0.15, 0.2) is 46.4 Å². The third kappa shape index (κ3) is 8.16. The second-order valence-corrected chi connectivity index (χ2v) is 13.7. The van der Waals surface area contributed by atoms with Crippen molar-refractivity contribution in [2.45, 2.75) is 89.6 Å². The number of nitrogens with one attached hydrogen (secondary N) is 2. The molecule has 0 aromatic heterocycles. The Labute approximate surface area is 261 Å². The summed E-state index contributed by atoms with van der Waals surface area (Å²) < 4.78 is 36.8. The third-order valence-corrected chi connectivity index (χ3v) is 9.44. The predicted octanol–water partition coefficient (Wildman–Crippen LogP) is 4.04. The number of amidine groups is 1. The average molecular weight is 630 g/mol. The number of carbonyl (C=O) groups excluding carboxylic acids is 2. The molecule has 2 aromatic rings. The number of amides is 1. The normalized spacial score (nSPS) is 16.9. The van der Waals surface area contributed by atoms with Gasteiger partial charge in [-0.15, -0.1) is 0 Å². The van der Waals surface area contributed by atoms with E-state index < -0.39 is 34.0 Å². The second-order valence-electron chi connectivity index (χ2n) is 12.1. The van der Waals surface area contributed by atoms with Crippen molar-refractivity contribution in [1.82, 2.24) is 14.9 Å². The van der Waals surface area contributed by atoms with Gasteiger partial charge in [-0.3, -0.25) is 9.69 Å². The predicted molar refractivity (Wildman–Crippen MR) is 171 cm³/mol. The van der Waals surface area contributed by atoms with Gasteiger partial charge in [0, 0.05) is 25.2 Å². The number of piperazine rings is 1. The van der Waals surface area contributed by atoms with Crippen molar-refractivity contribution in [3.63, 3.8) is 0 Å². The summed E-state index contributed by atoms with van der Waals surface area (Å²) in [6, 6.07) is 8.40. The highest BCUT2D eigenvalue weighted by Gasteiger charge is 2.39. The summed E-state index contributed by atoms with van der Waals surface area (Å²) in [5.41, 5.74) is 9.22. The Bertz CT molecular complexity index is 1440. The monoisotopic (exact) mass is 629 g/mol. The van der Waals surface area contributed by atoms with Gasteiger partial charge in [-0.25, -0.2) is 17.9 Å². The Kier molecular flexibility index (Phi) is 11.9. The lowest BCUT2D eigenvalue weighted by molar-refractivity contribution is -0.126. The molecule has 0 radical (unpaired) electrons. The highest BCUT2D eigenvalue weighted by molar-refractivity contribution is 7.89. The molecular formula is C32H47N5O6S. The van der Waals surface area contributed by atoms with Crippen LogP contribution in [0.5, 0.6) is 0 Å². The van der Waals surface area contributed by atoms with Crippen molar-refractivity contribution < 1.29 is 28.0 Å². The van der Waals surface area contributed by atoms with Crippen LogP contribution in [0.4, 0.5) is 4.79 Å². The highest BCUT2D eigenvalue weighted by Crippen LogP contribution is 2.35. The quantitative estimate of drug-likeness (QED) is 0.118. The van der Waals surface area contributed by atoms with E-state index in [4.69, 9.17) is 10.5 Å². The molecule has 0 aliphatic carbocycles. The third-order valence-electron chi connectivity index (χ3n) is 7.83.